The van der Waals surface area contributed by atoms with E-state index in [1.807, 2.05) is 0 Å². The van der Waals surface area contributed by atoms with E-state index >= 15 is 0 Å². The third-order valence-electron chi connectivity index (χ3n) is 4.45. The van der Waals surface area contributed by atoms with E-state index in [-0.39, 0.29) is 16.2 Å². The zero-order chi connectivity index (χ0) is 22.5. The topological polar surface area (TPSA) is 111 Å². The molecule has 0 saturated heterocycles. The smallest absolute Gasteiger partial charge is 0.265 e. The third-order valence-corrected chi connectivity index (χ3v) is 6.69. The Labute approximate surface area is 181 Å². The summed E-state index contributed by atoms with van der Waals surface area (Å²) in [7, 11) is -8.13. The highest BCUT2D eigenvalue weighted by atomic mass is 32.2. The van der Waals surface area contributed by atoms with Crippen LogP contribution in [0.25, 0.3) is 12.2 Å². The molecule has 1 aliphatic rings. The van der Waals surface area contributed by atoms with Crippen molar-refractivity contribution in [2.75, 3.05) is 0 Å². The Balaban J connectivity index is 1.63. The maximum atomic E-state index is 12.2. The molecule has 1 saturated carbocycles. The zero-order valence-corrected chi connectivity index (χ0v) is 18.1. The van der Waals surface area contributed by atoms with Gasteiger partial charge in [-0.1, -0.05) is 59.9 Å². The van der Waals surface area contributed by atoms with Gasteiger partial charge in [0.25, 0.3) is 0 Å². The summed E-state index contributed by atoms with van der Waals surface area (Å²) in [6, 6.07) is 12.0. The lowest BCUT2D eigenvalue weighted by Gasteiger charge is -2.03. The van der Waals surface area contributed by atoms with Gasteiger partial charge in [-0.2, -0.15) is 16.8 Å². The first-order chi connectivity index (χ1) is 14.7. The Kier molecular flexibility index (Phi) is 6.71. The van der Waals surface area contributed by atoms with Crippen molar-refractivity contribution in [3.63, 3.8) is 0 Å². The number of benzene rings is 2. The van der Waals surface area contributed by atoms with E-state index in [2.05, 4.69) is 23.5 Å². The van der Waals surface area contributed by atoms with Crippen molar-refractivity contribution < 1.29 is 25.4 Å². The molecule has 1 fully saturated rings. The molecule has 3 rings (SSSR count). The Morgan fingerprint density at radius 2 is 1.03 bits per heavy atom. The summed E-state index contributed by atoms with van der Waals surface area (Å²) in [5.41, 5.74) is 2.38. The van der Waals surface area contributed by atoms with Crippen LogP contribution in [0.1, 0.15) is 30.4 Å². The lowest BCUT2D eigenvalue weighted by Crippen LogP contribution is -2.06. The molecule has 2 aromatic rings. The standard InChI is InChI=1S/C21H20N2O6S2/c1-3-16-5-11-20(12-6-16)30(24,25)28-22-18-9-10-19(15-18)23-29-31(26,27)21-13-7-17(4-2)8-14-21/h3-8,11-14H,1-2,9-10,15H2/b22-18+,23-19+. The predicted molar refractivity (Wildman–Crippen MR) is 118 cm³/mol. The number of rotatable bonds is 8. The molecule has 0 amide bonds. The molecular formula is C21H20N2O6S2. The summed E-state index contributed by atoms with van der Waals surface area (Å²) in [6.45, 7) is 7.22. The fourth-order valence-electron chi connectivity index (χ4n) is 2.69. The molecule has 31 heavy (non-hydrogen) atoms. The summed E-state index contributed by atoms with van der Waals surface area (Å²) in [5.74, 6) is 0. The molecule has 0 N–H and O–H groups in total. The Morgan fingerprint density at radius 3 is 1.35 bits per heavy atom. The molecule has 0 radical (unpaired) electrons. The van der Waals surface area contributed by atoms with E-state index < -0.39 is 20.2 Å². The predicted octanol–water partition coefficient (Wildman–Crippen LogP) is 3.98. The van der Waals surface area contributed by atoms with Crippen LogP contribution in [0.4, 0.5) is 0 Å². The summed E-state index contributed by atoms with van der Waals surface area (Å²) in [5, 5.41) is 7.40. The van der Waals surface area contributed by atoms with Crippen molar-refractivity contribution in [3.05, 3.63) is 72.8 Å². The number of hydrogen-bond acceptors (Lipinski definition) is 8. The lowest BCUT2D eigenvalue weighted by molar-refractivity contribution is 0.337. The molecule has 0 aromatic heterocycles. The van der Waals surface area contributed by atoms with E-state index in [0.717, 1.165) is 11.1 Å². The van der Waals surface area contributed by atoms with Gasteiger partial charge in [-0.15, -0.1) is 0 Å². The highest BCUT2D eigenvalue weighted by Gasteiger charge is 2.22. The molecule has 0 aliphatic heterocycles. The van der Waals surface area contributed by atoms with E-state index in [4.69, 9.17) is 8.57 Å². The Morgan fingerprint density at radius 1 is 0.677 bits per heavy atom. The minimum atomic E-state index is -4.06. The minimum absolute atomic E-state index is 0.0359. The maximum Gasteiger partial charge on any atom is 0.358 e. The molecule has 10 heteroatoms. The van der Waals surface area contributed by atoms with Crippen LogP contribution < -0.4 is 0 Å². The summed E-state index contributed by atoms with van der Waals surface area (Å²) >= 11 is 0. The monoisotopic (exact) mass is 460 g/mol. The first kappa shape index (κ1) is 22.4. The third kappa shape index (κ3) is 5.68. The SMILES string of the molecule is C=Cc1ccc(S(=O)(=O)O/N=C2\CC/C(=N\OS(=O)(=O)c3ccc(C=C)cc3)C2)cc1. The summed E-state index contributed by atoms with van der Waals surface area (Å²) in [6.07, 6.45) is 4.09. The van der Waals surface area contributed by atoms with Crippen LogP contribution in [0.3, 0.4) is 0 Å². The second-order valence-electron chi connectivity index (χ2n) is 6.60. The van der Waals surface area contributed by atoms with Gasteiger partial charge in [-0.05, 0) is 48.2 Å². The number of oxime groups is 2. The van der Waals surface area contributed by atoms with Crippen molar-refractivity contribution in [2.24, 2.45) is 10.3 Å². The average Bonchev–Trinajstić information content (AvgIpc) is 3.25. The fraction of sp³-hybridized carbons (Fsp3) is 0.143. The summed E-state index contributed by atoms with van der Waals surface area (Å²) < 4.78 is 58.5. The van der Waals surface area contributed by atoms with Crippen LogP contribution in [-0.2, 0) is 28.8 Å². The quantitative estimate of drug-likeness (QED) is 0.551. The van der Waals surface area contributed by atoms with Crippen LogP contribution in [0.2, 0.25) is 0 Å². The number of hydrogen-bond donors (Lipinski definition) is 0. The van der Waals surface area contributed by atoms with Gasteiger partial charge in [0.15, 0.2) is 0 Å². The molecule has 0 heterocycles. The lowest BCUT2D eigenvalue weighted by atomic mass is 10.2. The van der Waals surface area contributed by atoms with E-state index in [1.54, 1.807) is 36.4 Å². The van der Waals surface area contributed by atoms with Crippen LogP contribution in [0.15, 0.2) is 81.8 Å². The van der Waals surface area contributed by atoms with Crippen LogP contribution in [0.5, 0.6) is 0 Å². The van der Waals surface area contributed by atoms with Crippen molar-refractivity contribution in [2.45, 2.75) is 29.1 Å². The molecule has 0 unspecified atom stereocenters. The molecule has 1 aliphatic carbocycles. The van der Waals surface area contributed by atoms with Crippen LogP contribution in [0, 0.1) is 0 Å². The zero-order valence-electron chi connectivity index (χ0n) is 16.5. The largest absolute Gasteiger partial charge is 0.358 e. The second kappa shape index (κ2) is 9.27. The molecule has 0 atom stereocenters. The normalized spacial score (nSPS) is 16.9. The highest BCUT2D eigenvalue weighted by Crippen LogP contribution is 2.20. The van der Waals surface area contributed by atoms with Gasteiger partial charge >= 0.3 is 20.2 Å². The Hall–Kier alpha value is -3.24. The van der Waals surface area contributed by atoms with Crippen molar-refractivity contribution in [1.82, 2.24) is 0 Å². The van der Waals surface area contributed by atoms with Crippen molar-refractivity contribution in [1.29, 1.82) is 0 Å². The molecule has 0 spiro atoms. The van der Waals surface area contributed by atoms with Crippen LogP contribution >= 0.6 is 0 Å². The van der Waals surface area contributed by atoms with Crippen LogP contribution in [-0.4, -0.2) is 28.3 Å². The van der Waals surface area contributed by atoms with E-state index in [9.17, 15) is 16.8 Å². The second-order valence-corrected chi connectivity index (χ2v) is 9.65. The van der Waals surface area contributed by atoms with E-state index in [1.165, 1.54) is 24.3 Å². The molecule has 8 nitrogen and oxygen atoms in total. The Bertz CT molecular complexity index is 1140. The maximum absolute atomic E-state index is 12.2. The molecule has 162 valence electrons. The molecule has 0 bridgehead atoms. The van der Waals surface area contributed by atoms with Gasteiger partial charge in [0.05, 0.1) is 11.4 Å². The minimum Gasteiger partial charge on any atom is -0.265 e. The van der Waals surface area contributed by atoms with E-state index in [0.29, 0.717) is 24.3 Å². The van der Waals surface area contributed by atoms with Gasteiger partial charge in [-0.3, -0.25) is 8.57 Å². The first-order valence-electron chi connectivity index (χ1n) is 9.17. The van der Waals surface area contributed by atoms with Gasteiger partial charge in [-0.25, -0.2) is 0 Å². The highest BCUT2D eigenvalue weighted by molar-refractivity contribution is 7.87. The molecule has 2 aromatic carbocycles. The fourth-order valence-corrected chi connectivity index (χ4v) is 4.21. The van der Waals surface area contributed by atoms with Crippen molar-refractivity contribution >= 4 is 43.8 Å². The molecular weight excluding hydrogens is 440 g/mol. The first-order valence-corrected chi connectivity index (χ1v) is 12.0. The van der Waals surface area contributed by atoms with Crippen molar-refractivity contribution in [3.8, 4) is 0 Å². The van der Waals surface area contributed by atoms with Gasteiger partial charge in [0, 0.05) is 6.42 Å². The van der Waals surface area contributed by atoms with Gasteiger partial charge in [0.2, 0.25) is 0 Å². The average molecular weight is 461 g/mol. The van der Waals surface area contributed by atoms with Gasteiger partial charge < -0.3 is 0 Å². The summed E-state index contributed by atoms with van der Waals surface area (Å²) in [4.78, 5) is -0.0718. The number of nitrogens with zero attached hydrogens (tertiary/aromatic N) is 2. The van der Waals surface area contributed by atoms with Gasteiger partial charge in [0.1, 0.15) is 9.79 Å².